The minimum absolute atomic E-state index is 0.102. The monoisotopic (exact) mass is 503 g/mol. The molecular weight excluding hydrogens is 458 g/mol. The number of nitrogens with one attached hydrogen (secondary N) is 2. The van der Waals surface area contributed by atoms with Gasteiger partial charge in [-0.3, -0.25) is 0 Å². The summed E-state index contributed by atoms with van der Waals surface area (Å²) in [4.78, 5) is 11.6. The van der Waals surface area contributed by atoms with Crippen molar-refractivity contribution in [2.45, 2.75) is 63.5 Å². The highest BCUT2D eigenvalue weighted by molar-refractivity contribution is 6.60. The number of aliphatic hydroxyl groups is 1. The molecule has 0 aromatic carbocycles. The molecule has 1 unspecified atom stereocenters. The lowest BCUT2D eigenvalue weighted by Gasteiger charge is -2.24. The van der Waals surface area contributed by atoms with Gasteiger partial charge in [0.2, 0.25) is 17.8 Å². The summed E-state index contributed by atoms with van der Waals surface area (Å²) in [7, 11) is 2.55. The van der Waals surface area contributed by atoms with Gasteiger partial charge in [-0.2, -0.15) is 15.0 Å². The van der Waals surface area contributed by atoms with Crippen LogP contribution in [0.1, 0.15) is 51.4 Å². The molecule has 0 saturated heterocycles. The molecule has 1 aromatic heterocycles. The van der Waals surface area contributed by atoms with Crippen molar-refractivity contribution in [3.8, 4) is 0 Å². The number of unbranched alkanes of at least 4 members (excludes halogenated alkanes) is 6. The standard InChI is InChI=1S/C21H45N7O5Si/c1-30-34(31-2,32-3)15-11-7-5-4-6-10-14-33-17-18(29)16-24-12-8-9-13-25-21-27-19(22)26-20(23)28-21/h18,24,29H,4-17H2,1-3H3,(H5,22,23,25,26,27,28). The lowest BCUT2D eigenvalue weighted by molar-refractivity contribution is 0.0355. The minimum Gasteiger partial charge on any atom is -0.389 e. The molecule has 13 heteroatoms. The molecule has 1 heterocycles. The summed E-state index contributed by atoms with van der Waals surface area (Å²) in [6, 6.07) is 0.855. The molecule has 34 heavy (non-hydrogen) atoms. The maximum atomic E-state index is 10.0. The summed E-state index contributed by atoms with van der Waals surface area (Å²) < 4.78 is 21.9. The summed E-state index contributed by atoms with van der Waals surface area (Å²) in [5, 5.41) is 16.3. The quantitative estimate of drug-likeness (QED) is 0.114. The highest BCUT2D eigenvalue weighted by Gasteiger charge is 2.36. The van der Waals surface area contributed by atoms with Gasteiger partial charge in [0.1, 0.15) is 0 Å². The van der Waals surface area contributed by atoms with Crippen LogP contribution in [0.15, 0.2) is 0 Å². The average Bonchev–Trinajstić information content (AvgIpc) is 2.82. The van der Waals surface area contributed by atoms with Crippen molar-refractivity contribution in [3.63, 3.8) is 0 Å². The van der Waals surface area contributed by atoms with E-state index in [0.717, 1.165) is 51.1 Å². The first-order valence-corrected chi connectivity index (χ1v) is 14.0. The van der Waals surface area contributed by atoms with Crippen LogP contribution >= 0.6 is 0 Å². The Hall–Kier alpha value is -1.61. The van der Waals surface area contributed by atoms with Crippen molar-refractivity contribution in [1.29, 1.82) is 0 Å². The Bertz CT molecular complexity index is 615. The van der Waals surface area contributed by atoms with E-state index in [9.17, 15) is 5.11 Å². The zero-order valence-corrected chi connectivity index (χ0v) is 22.1. The molecule has 1 aromatic rings. The van der Waals surface area contributed by atoms with Crippen LogP contribution in [0.5, 0.6) is 0 Å². The number of aromatic nitrogens is 3. The maximum absolute atomic E-state index is 10.0. The number of anilines is 3. The van der Waals surface area contributed by atoms with Crippen molar-refractivity contribution in [2.24, 2.45) is 0 Å². The van der Waals surface area contributed by atoms with Crippen LogP contribution in [0.2, 0.25) is 6.04 Å². The lowest BCUT2D eigenvalue weighted by Crippen LogP contribution is -2.42. The number of aliphatic hydroxyl groups excluding tert-OH is 1. The van der Waals surface area contributed by atoms with E-state index in [2.05, 4.69) is 25.6 Å². The number of hydrogen-bond acceptors (Lipinski definition) is 12. The predicted octanol–water partition coefficient (Wildman–Crippen LogP) is 1.41. The van der Waals surface area contributed by atoms with Crippen molar-refractivity contribution < 1.29 is 23.1 Å². The molecular formula is C21H45N7O5Si. The fraction of sp³-hybridized carbons (Fsp3) is 0.857. The van der Waals surface area contributed by atoms with Crippen LogP contribution < -0.4 is 22.1 Å². The summed E-state index contributed by atoms with van der Waals surface area (Å²) in [6.07, 6.45) is 8.07. The van der Waals surface area contributed by atoms with Gasteiger partial charge in [-0.1, -0.05) is 25.7 Å². The van der Waals surface area contributed by atoms with Crippen LogP contribution in [0.4, 0.5) is 17.8 Å². The van der Waals surface area contributed by atoms with Crippen molar-refractivity contribution >= 4 is 26.6 Å². The van der Waals surface area contributed by atoms with Crippen LogP contribution in [0, 0.1) is 0 Å². The molecule has 0 spiro atoms. The van der Waals surface area contributed by atoms with Gasteiger partial charge >= 0.3 is 8.80 Å². The van der Waals surface area contributed by atoms with Crippen molar-refractivity contribution in [1.82, 2.24) is 20.3 Å². The zero-order chi connectivity index (χ0) is 25.1. The van der Waals surface area contributed by atoms with Crippen LogP contribution in [0.25, 0.3) is 0 Å². The van der Waals surface area contributed by atoms with E-state index in [1.165, 1.54) is 12.8 Å². The van der Waals surface area contributed by atoms with Gasteiger partial charge in [-0.05, 0) is 32.2 Å². The SMILES string of the molecule is CO[Si](CCCCCCCCOCC(O)CNCCCCNc1nc(N)nc(N)n1)(OC)OC. The van der Waals surface area contributed by atoms with Gasteiger partial charge in [-0.25, -0.2) is 0 Å². The summed E-state index contributed by atoms with van der Waals surface area (Å²) >= 11 is 0. The Labute approximate surface area is 204 Å². The molecule has 0 aliphatic carbocycles. The molecule has 0 saturated carbocycles. The molecule has 198 valence electrons. The second kappa shape index (κ2) is 18.7. The minimum atomic E-state index is -2.42. The first-order valence-electron chi connectivity index (χ1n) is 12.1. The Morgan fingerprint density at radius 3 is 2.06 bits per heavy atom. The molecule has 1 rings (SSSR count). The number of hydrogen-bond donors (Lipinski definition) is 5. The maximum Gasteiger partial charge on any atom is 0.500 e. The van der Waals surface area contributed by atoms with Gasteiger partial charge < -0.3 is 45.2 Å². The van der Waals surface area contributed by atoms with E-state index in [1.54, 1.807) is 21.3 Å². The molecule has 7 N–H and O–H groups in total. The summed E-state index contributed by atoms with van der Waals surface area (Å²) in [5.74, 6) is 0.587. The second-order valence-corrected chi connectivity index (χ2v) is 11.2. The van der Waals surface area contributed by atoms with E-state index >= 15 is 0 Å². The van der Waals surface area contributed by atoms with Crippen LogP contribution in [-0.2, 0) is 18.0 Å². The largest absolute Gasteiger partial charge is 0.500 e. The molecule has 0 radical (unpaired) electrons. The van der Waals surface area contributed by atoms with E-state index < -0.39 is 14.9 Å². The Morgan fingerprint density at radius 1 is 0.824 bits per heavy atom. The smallest absolute Gasteiger partial charge is 0.389 e. The Morgan fingerprint density at radius 2 is 1.41 bits per heavy atom. The first-order chi connectivity index (χ1) is 16.4. The second-order valence-electron chi connectivity index (χ2n) is 8.11. The lowest BCUT2D eigenvalue weighted by atomic mass is 10.1. The molecule has 1 atom stereocenters. The van der Waals surface area contributed by atoms with Crippen molar-refractivity contribution in [3.05, 3.63) is 0 Å². The third kappa shape index (κ3) is 13.9. The number of nitrogen functional groups attached to an aromatic ring is 2. The Kier molecular flexibility index (Phi) is 16.7. The normalized spacial score (nSPS) is 12.7. The van der Waals surface area contributed by atoms with Crippen molar-refractivity contribution in [2.75, 3.05) is 71.0 Å². The first kappa shape index (κ1) is 30.4. The zero-order valence-electron chi connectivity index (χ0n) is 21.1. The van der Waals surface area contributed by atoms with E-state index in [0.29, 0.717) is 32.3 Å². The highest BCUT2D eigenvalue weighted by atomic mass is 28.4. The fourth-order valence-corrected chi connectivity index (χ4v) is 5.21. The fourth-order valence-electron chi connectivity index (χ4n) is 3.42. The number of nitrogens with two attached hydrogens (primary N) is 2. The van der Waals surface area contributed by atoms with Crippen LogP contribution in [-0.4, -0.2) is 89.1 Å². The van der Waals surface area contributed by atoms with Gasteiger partial charge in [-0.15, -0.1) is 0 Å². The molecule has 12 nitrogen and oxygen atoms in total. The van der Waals surface area contributed by atoms with Gasteiger partial charge in [0.25, 0.3) is 0 Å². The molecule has 0 bridgehead atoms. The van der Waals surface area contributed by atoms with Gasteiger partial charge in [0.15, 0.2) is 0 Å². The van der Waals surface area contributed by atoms with E-state index in [1.807, 2.05) is 0 Å². The molecule has 0 fully saturated rings. The van der Waals surface area contributed by atoms with Crippen LogP contribution in [0.3, 0.4) is 0 Å². The molecule has 0 aliphatic heterocycles. The average molecular weight is 504 g/mol. The van der Waals surface area contributed by atoms with E-state index in [-0.39, 0.29) is 11.9 Å². The number of nitrogens with zero attached hydrogens (tertiary/aromatic N) is 3. The third-order valence-corrected chi connectivity index (χ3v) is 8.21. The highest BCUT2D eigenvalue weighted by Crippen LogP contribution is 2.18. The topological polar surface area (TPSA) is 172 Å². The third-order valence-electron chi connectivity index (χ3n) is 5.38. The number of ether oxygens (including phenoxy) is 1. The summed E-state index contributed by atoms with van der Waals surface area (Å²) in [6.45, 7) is 3.06. The molecule has 0 amide bonds. The predicted molar refractivity (Wildman–Crippen MR) is 135 cm³/mol. The van der Waals surface area contributed by atoms with E-state index in [4.69, 9.17) is 29.5 Å². The van der Waals surface area contributed by atoms with Gasteiger partial charge in [0, 0.05) is 47.1 Å². The Balaban J connectivity index is 1.88. The van der Waals surface area contributed by atoms with Gasteiger partial charge in [0.05, 0.1) is 12.7 Å². The number of rotatable bonds is 22. The summed E-state index contributed by atoms with van der Waals surface area (Å²) in [5.41, 5.74) is 11.1. The molecule has 0 aliphatic rings.